The number of imidazole rings is 1. The Bertz CT molecular complexity index is 1040. The first-order valence-corrected chi connectivity index (χ1v) is 9.72. The second-order valence-electron chi connectivity index (χ2n) is 5.96. The third-order valence-corrected chi connectivity index (χ3v) is 5.04. The summed E-state index contributed by atoms with van der Waals surface area (Å²) < 4.78 is 12.2. The van der Waals surface area contributed by atoms with Crippen LogP contribution in [0.4, 0.5) is 5.69 Å². The lowest BCUT2D eigenvalue weighted by atomic mass is 10.2. The van der Waals surface area contributed by atoms with Gasteiger partial charge in [0, 0.05) is 25.8 Å². The zero-order valence-electron chi connectivity index (χ0n) is 16.0. The van der Waals surface area contributed by atoms with Crippen LogP contribution in [0.1, 0.15) is 0 Å². The Labute approximate surface area is 171 Å². The molecular weight excluding hydrogens is 396 g/mol. The van der Waals surface area contributed by atoms with E-state index in [9.17, 15) is 14.9 Å². The van der Waals surface area contributed by atoms with E-state index in [0.29, 0.717) is 35.1 Å². The fraction of sp³-hybridized carbons (Fsp3) is 0.263. The number of nitrogens with zero attached hydrogens (tertiary/aromatic N) is 3. The summed E-state index contributed by atoms with van der Waals surface area (Å²) in [7, 11) is 3.13. The smallest absolute Gasteiger partial charge is 0.271 e. The Hall–Kier alpha value is -3.11. The molecule has 0 saturated heterocycles. The molecular formula is C19H20N4O5S. The molecule has 1 N–H and O–H groups in total. The van der Waals surface area contributed by atoms with Gasteiger partial charge in [-0.2, -0.15) is 0 Å². The standard InChI is InChI=1S/C19H20N4O5S/c1-27-10-9-20-18(24)12-29-19-21-14-11-13(23(25)26)7-8-15(14)22(19)16-5-3-4-6-17(16)28-2/h3-8,11H,9-10,12H2,1-2H3,(H,20,24). The maximum Gasteiger partial charge on any atom is 0.271 e. The van der Waals surface area contributed by atoms with Crippen molar-refractivity contribution < 1.29 is 19.2 Å². The molecule has 3 rings (SSSR count). The lowest BCUT2D eigenvalue weighted by Gasteiger charge is -2.13. The zero-order chi connectivity index (χ0) is 20.8. The summed E-state index contributed by atoms with van der Waals surface area (Å²) in [5.74, 6) is 0.609. The van der Waals surface area contributed by atoms with Gasteiger partial charge in [0.2, 0.25) is 5.91 Å². The van der Waals surface area contributed by atoms with Crippen molar-refractivity contribution in [1.29, 1.82) is 0 Å². The Balaban J connectivity index is 2.00. The summed E-state index contributed by atoms with van der Waals surface area (Å²) >= 11 is 1.24. The van der Waals surface area contributed by atoms with Crippen LogP contribution < -0.4 is 10.1 Å². The largest absolute Gasteiger partial charge is 0.495 e. The number of nitrogens with one attached hydrogen (secondary N) is 1. The van der Waals surface area contributed by atoms with Gasteiger partial charge in [-0.05, 0) is 18.2 Å². The highest BCUT2D eigenvalue weighted by atomic mass is 32.2. The molecule has 0 aliphatic carbocycles. The maximum atomic E-state index is 12.1. The highest BCUT2D eigenvalue weighted by Gasteiger charge is 2.19. The first-order valence-electron chi connectivity index (χ1n) is 8.74. The van der Waals surface area contributed by atoms with Gasteiger partial charge in [-0.1, -0.05) is 23.9 Å². The van der Waals surface area contributed by atoms with Gasteiger partial charge in [0.1, 0.15) is 5.75 Å². The quantitative estimate of drug-likeness (QED) is 0.247. The van der Waals surface area contributed by atoms with Gasteiger partial charge in [0.25, 0.3) is 5.69 Å². The highest BCUT2D eigenvalue weighted by molar-refractivity contribution is 7.99. The Morgan fingerprint density at radius 1 is 1.28 bits per heavy atom. The van der Waals surface area contributed by atoms with Crippen LogP contribution in [0, 0.1) is 10.1 Å². The van der Waals surface area contributed by atoms with E-state index >= 15 is 0 Å². The number of hydrogen-bond donors (Lipinski definition) is 1. The second-order valence-corrected chi connectivity index (χ2v) is 6.91. The monoisotopic (exact) mass is 416 g/mol. The van der Waals surface area contributed by atoms with E-state index in [-0.39, 0.29) is 17.3 Å². The number of aromatic nitrogens is 2. The number of carbonyl (C=O) groups excluding carboxylic acids is 1. The molecule has 0 atom stereocenters. The van der Waals surface area contributed by atoms with Crippen LogP contribution in [0.15, 0.2) is 47.6 Å². The molecule has 3 aromatic rings. The molecule has 2 aromatic carbocycles. The Kier molecular flexibility index (Phi) is 6.68. The number of hydrogen-bond acceptors (Lipinski definition) is 7. The van der Waals surface area contributed by atoms with Crippen molar-refractivity contribution in [3.05, 3.63) is 52.6 Å². The minimum atomic E-state index is -0.461. The summed E-state index contributed by atoms with van der Waals surface area (Å²) in [5, 5.41) is 14.4. The van der Waals surface area contributed by atoms with Crippen molar-refractivity contribution in [3.63, 3.8) is 0 Å². The first-order chi connectivity index (χ1) is 14.0. The number of fused-ring (bicyclic) bond motifs is 1. The minimum Gasteiger partial charge on any atom is -0.495 e. The third-order valence-electron chi connectivity index (χ3n) is 4.10. The molecule has 0 spiro atoms. The molecule has 0 saturated carbocycles. The number of carbonyl (C=O) groups is 1. The van der Waals surface area contributed by atoms with E-state index in [2.05, 4.69) is 10.3 Å². The molecule has 1 aromatic heterocycles. The molecule has 0 aliphatic heterocycles. The third kappa shape index (κ3) is 4.66. The van der Waals surface area contributed by atoms with Crippen LogP contribution in [0.2, 0.25) is 0 Å². The molecule has 0 fully saturated rings. The molecule has 1 heterocycles. The lowest BCUT2D eigenvalue weighted by molar-refractivity contribution is -0.384. The fourth-order valence-electron chi connectivity index (χ4n) is 2.78. The van der Waals surface area contributed by atoms with Gasteiger partial charge < -0.3 is 14.8 Å². The molecule has 0 unspecified atom stereocenters. The van der Waals surface area contributed by atoms with Crippen molar-refractivity contribution in [3.8, 4) is 11.4 Å². The lowest BCUT2D eigenvalue weighted by Crippen LogP contribution is -2.28. The molecule has 10 heteroatoms. The highest BCUT2D eigenvalue weighted by Crippen LogP contribution is 2.33. The first kappa shape index (κ1) is 20.6. The average molecular weight is 416 g/mol. The topological polar surface area (TPSA) is 109 Å². The van der Waals surface area contributed by atoms with Crippen LogP contribution >= 0.6 is 11.8 Å². The second kappa shape index (κ2) is 9.39. The van der Waals surface area contributed by atoms with Crippen molar-refractivity contribution in [2.75, 3.05) is 33.1 Å². The number of non-ortho nitro benzene ring substituents is 1. The predicted octanol–water partition coefficient (Wildman–Crippen LogP) is 2.80. The molecule has 9 nitrogen and oxygen atoms in total. The van der Waals surface area contributed by atoms with E-state index in [0.717, 1.165) is 5.69 Å². The van der Waals surface area contributed by atoms with E-state index in [1.54, 1.807) is 20.3 Å². The number of nitro benzene ring substituents is 1. The van der Waals surface area contributed by atoms with Crippen molar-refractivity contribution >= 4 is 34.4 Å². The van der Waals surface area contributed by atoms with E-state index < -0.39 is 4.92 Å². The summed E-state index contributed by atoms with van der Waals surface area (Å²) in [6.07, 6.45) is 0. The van der Waals surface area contributed by atoms with Crippen molar-refractivity contribution in [2.24, 2.45) is 0 Å². The van der Waals surface area contributed by atoms with Gasteiger partial charge in [-0.15, -0.1) is 0 Å². The van der Waals surface area contributed by atoms with E-state index in [1.807, 2.05) is 28.8 Å². The number of benzene rings is 2. The van der Waals surface area contributed by atoms with Crippen LogP contribution in [0.5, 0.6) is 5.75 Å². The van der Waals surface area contributed by atoms with Gasteiger partial charge in [-0.3, -0.25) is 19.5 Å². The summed E-state index contributed by atoms with van der Waals surface area (Å²) in [6, 6.07) is 11.9. The molecule has 29 heavy (non-hydrogen) atoms. The SMILES string of the molecule is COCCNC(=O)CSc1nc2cc([N+](=O)[O-])ccc2n1-c1ccccc1OC. The van der Waals surface area contributed by atoms with Crippen LogP contribution in [-0.2, 0) is 9.53 Å². The predicted molar refractivity (Wildman–Crippen MR) is 110 cm³/mol. The minimum absolute atomic E-state index is 0.0453. The van der Waals surface area contributed by atoms with Crippen molar-refractivity contribution in [2.45, 2.75) is 5.16 Å². The van der Waals surface area contributed by atoms with Crippen LogP contribution in [-0.4, -0.2) is 53.5 Å². The Morgan fingerprint density at radius 3 is 2.79 bits per heavy atom. The zero-order valence-corrected chi connectivity index (χ0v) is 16.8. The maximum absolute atomic E-state index is 12.1. The van der Waals surface area contributed by atoms with Gasteiger partial charge >= 0.3 is 0 Å². The molecule has 0 bridgehead atoms. The van der Waals surface area contributed by atoms with E-state index in [4.69, 9.17) is 9.47 Å². The molecule has 0 radical (unpaired) electrons. The average Bonchev–Trinajstić information content (AvgIpc) is 3.09. The summed E-state index contributed by atoms with van der Waals surface area (Å²) in [4.78, 5) is 27.3. The number of para-hydroxylation sites is 2. The van der Waals surface area contributed by atoms with E-state index in [1.165, 1.54) is 23.9 Å². The number of rotatable bonds is 9. The number of ether oxygens (including phenoxy) is 2. The summed E-state index contributed by atoms with van der Waals surface area (Å²) in [5.41, 5.74) is 1.83. The van der Waals surface area contributed by atoms with Crippen molar-refractivity contribution in [1.82, 2.24) is 14.9 Å². The molecule has 0 aliphatic rings. The number of thioether (sulfide) groups is 1. The normalized spacial score (nSPS) is 10.8. The van der Waals surface area contributed by atoms with Crippen LogP contribution in [0.25, 0.3) is 16.7 Å². The number of nitro groups is 1. The number of methoxy groups -OCH3 is 2. The van der Waals surface area contributed by atoms with Gasteiger partial charge in [0.05, 0.1) is 41.1 Å². The molecule has 1 amide bonds. The number of amides is 1. The Morgan fingerprint density at radius 2 is 2.07 bits per heavy atom. The van der Waals surface area contributed by atoms with Gasteiger partial charge in [0.15, 0.2) is 5.16 Å². The van der Waals surface area contributed by atoms with Crippen LogP contribution in [0.3, 0.4) is 0 Å². The fourth-order valence-corrected chi connectivity index (χ4v) is 3.63. The molecule has 152 valence electrons. The van der Waals surface area contributed by atoms with Gasteiger partial charge in [-0.25, -0.2) is 4.98 Å². The summed E-state index contributed by atoms with van der Waals surface area (Å²) in [6.45, 7) is 0.852.